The summed E-state index contributed by atoms with van der Waals surface area (Å²) < 4.78 is 0. The molecular formula is C23H38IN5O. The average Bonchev–Trinajstić information content (AvgIpc) is 2.92. The Morgan fingerprint density at radius 3 is 2.37 bits per heavy atom. The Balaban J connectivity index is 0.00000320. The van der Waals surface area contributed by atoms with Gasteiger partial charge in [-0.2, -0.15) is 0 Å². The number of benzene rings is 1. The number of guanidine groups is 1. The van der Waals surface area contributed by atoms with Gasteiger partial charge in [-0.25, -0.2) is 4.99 Å². The van der Waals surface area contributed by atoms with E-state index in [2.05, 4.69) is 64.7 Å². The fourth-order valence-corrected chi connectivity index (χ4v) is 4.38. The Morgan fingerprint density at radius 2 is 1.80 bits per heavy atom. The number of aliphatic imine (C=N–C) groups is 1. The van der Waals surface area contributed by atoms with E-state index in [1.807, 2.05) is 0 Å². The topological polar surface area (TPSA) is 60.0 Å². The predicted molar refractivity (Wildman–Crippen MR) is 134 cm³/mol. The first-order chi connectivity index (χ1) is 13.9. The molecule has 2 aliphatic heterocycles. The molecule has 2 aliphatic rings. The lowest BCUT2D eigenvalue weighted by Crippen LogP contribution is -2.52. The SMILES string of the molecule is CC(C)CNC(=NCC(=O)N(C)C)NC1CC2CCC(C1)N2Cc1ccccc1.I. The van der Waals surface area contributed by atoms with Crippen LogP contribution in [0, 0.1) is 5.92 Å². The van der Waals surface area contributed by atoms with Crippen LogP contribution in [0.15, 0.2) is 35.3 Å². The third kappa shape index (κ3) is 7.11. The molecule has 2 unspecified atom stereocenters. The number of nitrogens with zero attached hydrogens (tertiary/aromatic N) is 3. The molecule has 168 valence electrons. The minimum Gasteiger partial charge on any atom is -0.356 e. The highest BCUT2D eigenvalue weighted by atomic mass is 127. The first-order valence-electron chi connectivity index (χ1n) is 11.0. The fraction of sp³-hybridized carbons (Fsp3) is 0.652. The number of hydrogen-bond acceptors (Lipinski definition) is 3. The molecule has 0 spiro atoms. The number of halogens is 1. The molecular weight excluding hydrogens is 489 g/mol. The number of fused-ring (bicyclic) bond motifs is 2. The molecule has 0 saturated carbocycles. The van der Waals surface area contributed by atoms with Crippen molar-refractivity contribution in [3.8, 4) is 0 Å². The molecule has 2 heterocycles. The molecule has 0 aromatic heterocycles. The lowest BCUT2D eigenvalue weighted by atomic mass is 9.96. The summed E-state index contributed by atoms with van der Waals surface area (Å²) in [5.74, 6) is 1.32. The Morgan fingerprint density at radius 1 is 1.17 bits per heavy atom. The van der Waals surface area contributed by atoms with Crippen molar-refractivity contribution in [3.63, 3.8) is 0 Å². The fourth-order valence-electron chi connectivity index (χ4n) is 4.38. The standard InChI is InChI=1S/C23H37N5O.HI/c1-17(2)14-24-23(25-15-22(29)27(3)4)26-19-12-20-10-11-21(13-19)28(20)16-18-8-6-5-7-9-18;/h5-9,17,19-21H,10-16H2,1-4H3,(H2,24,25,26);1H. The maximum atomic E-state index is 12.0. The number of hydrogen-bond donors (Lipinski definition) is 2. The molecule has 0 radical (unpaired) electrons. The van der Waals surface area contributed by atoms with E-state index in [0.29, 0.717) is 24.0 Å². The van der Waals surface area contributed by atoms with E-state index in [1.54, 1.807) is 19.0 Å². The molecule has 1 amide bonds. The summed E-state index contributed by atoms with van der Waals surface area (Å²) in [5.41, 5.74) is 1.40. The maximum absolute atomic E-state index is 12.0. The second-order valence-corrected chi connectivity index (χ2v) is 9.08. The van der Waals surface area contributed by atoms with Gasteiger partial charge in [0.25, 0.3) is 0 Å². The van der Waals surface area contributed by atoms with E-state index in [-0.39, 0.29) is 36.4 Å². The van der Waals surface area contributed by atoms with Crippen LogP contribution in [0.2, 0.25) is 0 Å². The highest BCUT2D eigenvalue weighted by molar-refractivity contribution is 14.0. The summed E-state index contributed by atoms with van der Waals surface area (Å²) in [5, 5.41) is 7.05. The van der Waals surface area contributed by atoms with Crippen LogP contribution in [-0.2, 0) is 11.3 Å². The van der Waals surface area contributed by atoms with Crippen molar-refractivity contribution >= 4 is 35.8 Å². The van der Waals surface area contributed by atoms with Crippen LogP contribution in [0.25, 0.3) is 0 Å². The molecule has 0 aliphatic carbocycles. The van der Waals surface area contributed by atoms with Crippen LogP contribution in [0.3, 0.4) is 0 Å². The Labute approximate surface area is 198 Å². The van der Waals surface area contributed by atoms with Crippen molar-refractivity contribution in [2.45, 2.75) is 64.2 Å². The molecule has 30 heavy (non-hydrogen) atoms. The molecule has 2 bridgehead atoms. The van der Waals surface area contributed by atoms with Gasteiger partial charge in [0.1, 0.15) is 6.54 Å². The molecule has 2 atom stereocenters. The normalized spacial score (nSPS) is 23.8. The van der Waals surface area contributed by atoms with Crippen LogP contribution < -0.4 is 10.6 Å². The molecule has 2 fully saturated rings. The van der Waals surface area contributed by atoms with E-state index in [0.717, 1.165) is 31.9 Å². The van der Waals surface area contributed by atoms with Crippen molar-refractivity contribution in [3.05, 3.63) is 35.9 Å². The highest BCUT2D eigenvalue weighted by Gasteiger charge is 2.40. The molecule has 6 nitrogen and oxygen atoms in total. The third-order valence-corrected chi connectivity index (χ3v) is 5.98. The summed E-state index contributed by atoms with van der Waals surface area (Å²) in [7, 11) is 3.54. The van der Waals surface area contributed by atoms with Crippen molar-refractivity contribution in [2.75, 3.05) is 27.2 Å². The molecule has 1 aromatic rings. The zero-order chi connectivity index (χ0) is 20.8. The number of likely N-dealkylation sites (N-methyl/N-ethyl adjacent to an activating group) is 1. The zero-order valence-electron chi connectivity index (χ0n) is 18.8. The van der Waals surface area contributed by atoms with Crippen LogP contribution in [0.5, 0.6) is 0 Å². The van der Waals surface area contributed by atoms with E-state index in [1.165, 1.54) is 18.4 Å². The summed E-state index contributed by atoms with van der Waals surface area (Å²) >= 11 is 0. The van der Waals surface area contributed by atoms with Gasteiger partial charge in [0.2, 0.25) is 5.91 Å². The number of piperidine rings is 1. The molecule has 2 N–H and O–H groups in total. The molecule has 1 aromatic carbocycles. The lowest BCUT2D eigenvalue weighted by Gasteiger charge is -2.39. The van der Waals surface area contributed by atoms with Gasteiger partial charge in [-0.15, -0.1) is 24.0 Å². The number of carbonyl (C=O) groups is 1. The van der Waals surface area contributed by atoms with Gasteiger partial charge in [-0.05, 0) is 37.2 Å². The minimum atomic E-state index is 0. The first-order valence-corrected chi connectivity index (χ1v) is 11.0. The van der Waals surface area contributed by atoms with Gasteiger partial charge in [0.05, 0.1) is 0 Å². The van der Waals surface area contributed by atoms with Crippen molar-refractivity contribution in [1.82, 2.24) is 20.4 Å². The quantitative estimate of drug-likeness (QED) is 0.325. The first kappa shape index (κ1) is 24.9. The van der Waals surface area contributed by atoms with Crippen LogP contribution in [0.4, 0.5) is 0 Å². The van der Waals surface area contributed by atoms with Gasteiger partial charge in [-0.3, -0.25) is 9.69 Å². The largest absolute Gasteiger partial charge is 0.356 e. The Hall–Kier alpha value is -1.35. The summed E-state index contributed by atoms with van der Waals surface area (Å²) in [6, 6.07) is 12.5. The van der Waals surface area contributed by atoms with Gasteiger partial charge < -0.3 is 15.5 Å². The molecule has 7 heteroatoms. The summed E-state index contributed by atoms with van der Waals surface area (Å²) in [4.78, 5) is 20.8. The second kappa shape index (κ2) is 11.9. The zero-order valence-corrected chi connectivity index (χ0v) is 21.1. The molecule has 2 saturated heterocycles. The smallest absolute Gasteiger partial charge is 0.243 e. The van der Waals surface area contributed by atoms with E-state index in [9.17, 15) is 4.79 Å². The average molecular weight is 527 g/mol. The lowest BCUT2D eigenvalue weighted by molar-refractivity contribution is -0.127. The molecule has 3 rings (SSSR count). The minimum absolute atomic E-state index is 0. The number of carbonyl (C=O) groups excluding carboxylic acids is 1. The maximum Gasteiger partial charge on any atom is 0.243 e. The van der Waals surface area contributed by atoms with E-state index >= 15 is 0 Å². The number of amides is 1. The van der Waals surface area contributed by atoms with Crippen LogP contribution >= 0.6 is 24.0 Å². The van der Waals surface area contributed by atoms with Gasteiger partial charge in [0, 0.05) is 45.3 Å². The van der Waals surface area contributed by atoms with Gasteiger partial charge in [-0.1, -0.05) is 44.2 Å². The van der Waals surface area contributed by atoms with E-state index in [4.69, 9.17) is 0 Å². The monoisotopic (exact) mass is 527 g/mol. The number of nitrogens with one attached hydrogen (secondary N) is 2. The Bertz CT molecular complexity index is 680. The summed E-state index contributed by atoms with van der Waals surface area (Å²) in [6.07, 6.45) is 4.82. The van der Waals surface area contributed by atoms with Crippen LogP contribution in [-0.4, -0.2) is 67.0 Å². The van der Waals surface area contributed by atoms with Crippen molar-refractivity contribution in [2.24, 2.45) is 10.9 Å². The predicted octanol–water partition coefficient (Wildman–Crippen LogP) is 3.08. The third-order valence-electron chi connectivity index (χ3n) is 5.98. The van der Waals surface area contributed by atoms with E-state index < -0.39 is 0 Å². The van der Waals surface area contributed by atoms with Crippen molar-refractivity contribution < 1.29 is 4.79 Å². The van der Waals surface area contributed by atoms with Gasteiger partial charge >= 0.3 is 0 Å². The van der Waals surface area contributed by atoms with Crippen molar-refractivity contribution in [1.29, 1.82) is 0 Å². The van der Waals surface area contributed by atoms with Gasteiger partial charge in [0.15, 0.2) is 5.96 Å². The number of rotatable bonds is 7. The summed E-state index contributed by atoms with van der Waals surface area (Å²) in [6.45, 7) is 6.43. The Kier molecular flexibility index (Phi) is 9.87. The second-order valence-electron chi connectivity index (χ2n) is 9.08. The highest BCUT2D eigenvalue weighted by Crippen LogP contribution is 2.36. The van der Waals surface area contributed by atoms with Crippen LogP contribution in [0.1, 0.15) is 45.1 Å².